The lowest BCUT2D eigenvalue weighted by atomic mass is 9.95. The Kier molecular flexibility index (Phi) is 4.92. The summed E-state index contributed by atoms with van der Waals surface area (Å²) in [7, 11) is 0. The highest BCUT2D eigenvalue weighted by molar-refractivity contribution is 6.30. The van der Waals surface area contributed by atoms with E-state index >= 15 is 0 Å². The van der Waals surface area contributed by atoms with Crippen molar-refractivity contribution in [3.63, 3.8) is 0 Å². The summed E-state index contributed by atoms with van der Waals surface area (Å²) in [5, 5.41) is 0.707. The molecule has 0 radical (unpaired) electrons. The average molecular weight is 363 g/mol. The van der Waals surface area contributed by atoms with Crippen LogP contribution in [0.1, 0.15) is 18.5 Å². The summed E-state index contributed by atoms with van der Waals surface area (Å²) < 4.78 is 7.30. The standard InChI is InChI=1S/C18H23ClN4O2/c19-15-1-2-17-20-16(13-23(17)11-15)12-21-5-3-14(4-6-21)18(24)22-7-9-25-10-8-22/h1-2,11,13-14H,3-10,12H2. The number of carbonyl (C=O) groups excluding carboxylic acids is 1. The van der Waals surface area contributed by atoms with Crippen molar-refractivity contribution in [2.24, 2.45) is 5.92 Å². The van der Waals surface area contributed by atoms with Crippen LogP contribution in [-0.2, 0) is 16.1 Å². The number of imidazole rings is 1. The monoisotopic (exact) mass is 362 g/mol. The van der Waals surface area contributed by atoms with Crippen molar-refractivity contribution in [1.82, 2.24) is 19.2 Å². The Morgan fingerprint density at radius 2 is 1.92 bits per heavy atom. The van der Waals surface area contributed by atoms with Crippen molar-refractivity contribution in [1.29, 1.82) is 0 Å². The molecule has 2 saturated heterocycles. The Morgan fingerprint density at radius 3 is 2.68 bits per heavy atom. The Balaban J connectivity index is 1.32. The van der Waals surface area contributed by atoms with Gasteiger partial charge < -0.3 is 14.0 Å². The first-order chi connectivity index (χ1) is 12.2. The van der Waals surface area contributed by atoms with Gasteiger partial charge >= 0.3 is 0 Å². The van der Waals surface area contributed by atoms with Gasteiger partial charge in [0.25, 0.3) is 0 Å². The number of piperidine rings is 1. The van der Waals surface area contributed by atoms with Gasteiger partial charge in [-0.15, -0.1) is 0 Å². The highest BCUT2D eigenvalue weighted by atomic mass is 35.5. The number of carbonyl (C=O) groups is 1. The fraction of sp³-hybridized carbons (Fsp3) is 0.556. The van der Waals surface area contributed by atoms with Crippen LogP contribution in [0, 0.1) is 5.92 Å². The molecule has 6 nitrogen and oxygen atoms in total. The number of hydrogen-bond acceptors (Lipinski definition) is 4. The summed E-state index contributed by atoms with van der Waals surface area (Å²) in [6.07, 6.45) is 5.76. The van der Waals surface area contributed by atoms with E-state index in [4.69, 9.17) is 16.3 Å². The minimum Gasteiger partial charge on any atom is -0.378 e. The van der Waals surface area contributed by atoms with Crippen LogP contribution in [0.25, 0.3) is 5.65 Å². The lowest BCUT2D eigenvalue weighted by Gasteiger charge is -2.35. The van der Waals surface area contributed by atoms with Crippen LogP contribution >= 0.6 is 11.6 Å². The first kappa shape index (κ1) is 16.8. The third kappa shape index (κ3) is 3.81. The van der Waals surface area contributed by atoms with E-state index in [1.54, 1.807) is 0 Å². The zero-order valence-electron chi connectivity index (χ0n) is 14.2. The van der Waals surface area contributed by atoms with Crippen molar-refractivity contribution in [2.75, 3.05) is 39.4 Å². The van der Waals surface area contributed by atoms with Crippen LogP contribution in [-0.4, -0.2) is 64.5 Å². The lowest BCUT2D eigenvalue weighted by Crippen LogP contribution is -2.46. The number of halogens is 1. The van der Waals surface area contributed by atoms with Crippen LogP contribution in [0.2, 0.25) is 5.02 Å². The van der Waals surface area contributed by atoms with E-state index in [9.17, 15) is 4.79 Å². The van der Waals surface area contributed by atoms with Gasteiger partial charge in [0.1, 0.15) is 5.65 Å². The molecular formula is C18H23ClN4O2. The van der Waals surface area contributed by atoms with Crippen LogP contribution in [0.15, 0.2) is 24.5 Å². The maximum atomic E-state index is 12.6. The van der Waals surface area contributed by atoms with Gasteiger partial charge in [-0.25, -0.2) is 4.98 Å². The Labute approximate surface area is 152 Å². The smallest absolute Gasteiger partial charge is 0.225 e. The molecule has 0 N–H and O–H groups in total. The average Bonchev–Trinajstić information content (AvgIpc) is 3.04. The Bertz CT molecular complexity index is 749. The van der Waals surface area contributed by atoms with E-state index in [1.165, 1.54) is 0 Å². The largest absolute Gasteiger partial charge is 0.378 e. The predicted molar refractivity (Wildman–Crippen MR) is 95.6 cm³/mol. The lowest BCUT2D eigenvalue weighted by molar-refractivity contribution is -0.141. The molecule has 0 saturated carbocycles. The topological polar surface area (TPSA) is 50.1 Å². The molecule has 7 heteroatoms. The van der Waals surface area contributed by atoms with E-state index in [0.717, 1.165) is 56.9 Å². The third-order valence-electron chi connectivity index (χ3n) is 5.11. The maximum Gasteiger partial charge on any atom is 0.225 e. The molecule has 0 bridgehead atoms. The van der Waals surface area contributed by atoms with Crippen LogP contribution in [0.4, 0.5) is 0 Å². The summed E-state index contributed by atoms with van der Waals surface area (Å²) in [4.78, 5) is 21.6. The highest BCUT2D eigenvalue weighted by Gasteiger charge is 2.29. The third-order valence-corrected chi connectivity index (χ3v) is 5.33. The molecule has 25 heavy (non-hydrogen) atoms. The number of ether oxygens (including phenoxy) is 1. The quantitative estimate of drug-likeness (QED) is 0.838. The van der Waals surface area contributed by atoms with Crippen LogP contribution in [0.3, 0.4) is 0 Å². The second kappa shape index (κ2) is 7.32. The summed E-state index contributed by atoms with van der Waals surface area (Å²) in [5.41, 5.74) is 1.96. The zero-order chi connectivity index (χ0) is 17.2. The summed E-state index contributed by atoms with van der Waals surface area (Å²) in [5.74, 6) is 0.472. The van der Waals surface area contributed by atoms with Gasteiger partial charge in [0, 0.05) is 37.9 Å². The molecule has 0 unspecified atom stereocenters. The van der Waals surface area contributed by atoms with Crippen molar-refractivity contribution in [3.05, 3.63) is 35.2 Å². The number of morpholine rings is 1. The van der Waals surface area contributed by atoms with Crippen molar-refractivity contribution >= 4 is 23.2 Å². The number of aromatic nitrogens is 2. The summed E-state index contributed by atoms with van der Waals surface area (Å²) in [6.45, 7) is 5.51. The molecule has 4 rings (SSSR count). The number of likely N-dealkylation sites (tertiary alicyclic amines) is 1. The van der Waals surface area contributed by atoms with Gasteiger partial charge in [-0.05, 0) is 38.1 Å². The fourth-order valence-electron chi connectivity index (χ4n) is 3.70. The summed E-state index contributed by atoms with van der Waals surface area (Å²) >= 11 is 6.03. The highest BCUT2D eigenvalue weighted by Crippen LogP contribution is 2.22. The molecule has 134 valence electrons. The molecule has 2 aromatic heterocycles. The fourth-order valence-corrected chi connectivity index (χ4v) is 3.87. The van der Waals surface area contributed by atoms with Crippen LogP contribution < -0.4 is 0 Å². The van der Waals surface area contributed by atoms with E-state index in [2.05, 4.69) is 9.88 Å². The predicted octanol–water partition coefficient (Wildman–Crippen LogP) is 2.06. The molecule has 0 spiro atoms. The minimum absolute atomic E-state index is 0.161. The van der Waals surface area contributed by atoms with Crippen LogP contribution in [0.5, 0.6) is 0 Å². The number of hydrogen-bond donors (Lipinski definition) is 0. The van der Waals surface area contributed by atoms with E-state index in [-0.39, 0.29) is 5.92 Å². The number of nitrogens with zero attached hydrogens (tertiary/aromatic N) is 4. The number of rotatable bonds is 3. The van der Waals surface area contributed by atoms with Gasteiger partial charge in [0.05, 0.1) is 23.9 Å². The first-order valence-corrected chi connectivity index (χ1v) is 9.29. The van der Waals surface area contributed by atoms with Crippen molar-refractivity contribution in [2.45, 2.75) is 19.4 Å². The molecular weight excluding hydrogens is 340 g/mol. The van der Waals surface area contributed by atoms with Gasteiger partial charge in [0.2, 0.25) is 5.91 Å². The van der Waals surface area contributed by atoms with Gasteiger partial charge in [0.15, 0.2) is 0 Å². The molecule has 2 aromatic rings. The molecule has 0 atom stereocenters. The minimum atomic E-state index is 0.161. The van der Waals surface area contributed by atoms with Gasteiger partial charge in [-0.3, -0.25) is 9.69 Å². The van der Waals surface area contributed by atoms with E-state index in [1.807, 2.05) is 33.8 Å². The first-order valence-electron chi connectivity index (χ1n) is 8.91. The van der Waals surface area contributed by atoms with Gasteiger partial charge in [-0.1, -0.05) is 11.6 Å². The zero-order valence-corrected chi connectivity index (χ0v) is 15.0. The molecule has 1 amide bonds. The number of amides is 1. The van der Waals surface area contributed by atoms with E-state index in [0.29, 0.717) is 24.1 Å². The SMILES string of the molecule is O=C(C1CCN(Cc2cn3cc(Cl)ccc3n2)CC1)N1CCOCC1. The maximum absolute atomic E-state index is 12.6. The Morgan fingerprint density at radius 1 is 1.16 bits per heavy atom. The summed E-state index contributed by atoms with van der Waals surface area (Å²) in [6, 6.07) is 3.79. The second-order valence-electron chi connectivity index (χ2n) is 6.83. The van der Waals surface area contributed by atoms with Crippen molar-refractivity contribution in [3.8, 4) is 0 Å². The number of pyridine rings is 1. The van der Waals surface area contributed by atoms with E-state index < -0.39 is 0 Å². The van der Waals surface area contributed by atoms with Crippen molar-refractivity contribution < 1.29 is 9.53 Å². The molecule has 4 heterocycles. The van der Waals surface area contributed by atoms with Gasteiger partial charge in [-0.2, -0.15) is 0 Å². The number of fused-ring (bicyclic) bond motifs is 1. The molecule has 2 aliphatic rings. The molecule has 2 fully saturated rings. The normalized spacial score (nSPS) is 20.3. The second-order valence-corrected chi connectivity index (χ2v) is 7.27. The molecule has 0 aromatic carbocycles. The molecule has 2 aliphatic heterocycles. The molecule has 0 aliphatic carbocycles. The Hall–Kier alpha value is -1.63.